The number of benzene rings is 1. The molecule has 0 atom stereocenters. The van der Waals surface area contributed by atoms with E-state index in [-0.39, 0.29) is 5.75 Å². The van der Waals surface area contributed by atoms with Gasteiger partial charge in [-0.15, -0.1) is 0 Å². The van der Waals surface area contributed by atoms with Crippen LogP contribution < -0.4 is 4.74 Å². The van der Waals surface area contributed by atoms with E-state index in [1.807, 2.05) is 0 Å². The van der Waals surface area contributed by atoms with Crippen molar-refractivity contribution in [3.8, 4) is 5.75 Å². The lowest BCUT2D eigenvalue weighted by molar-refractivity contribution is -0.388. The first-order chi connectivity index (χ1) is 7.29. The first-order valence-corrected chi connectivity index (χ1v) is 6.05. The lowest BCUT2D eigenvalue weighted by Crippen LogP contribution is -2.02. The lowest BCUT2D eigenvalue weighted by atomic mass is 10.3. The summed E-state index contributed by atoms with van der Waals surface area (Å²) in [5.41, 5.74) is -1.07. The molecule has 0 heterocycles. The van der Waals surface area contributed by atoms with Crippen LogP contribution in [-0.4, -0.2) is 20.5 Å². The summed E-state index contributed by atoms with van der Waals surface area (Å²) in [5.74, 6) is -1.93. The second kappa shape index (κ2) is 4.22. The van der Waals surface area contributed by atoms with Crippen LogP contribution in [0.25, 0.3) is 0 Å². The van der Waals surface area contributed by atoms with E-state index >= 15 is 0 Å². The summed E-state index contributed by atoms with van der Waals surface area (Å²) in [5, 5.41) is 10.5. The highest BCUT2D eigenvalue weighted by Gasteiger charge is 2.29. The molecule has 1 aromatic carbocycles. The van der Waals surface area contributed by atoms with Crippen molar-refractivity contribution in [2.24, 2.45) is 0 Å². The van der Waals surface area contributed by atoms with E-state index in [9.17, 15) is 22.9 Å². The minimum Gasteiger partial charge on any atom is -0.490 e. The zero-order chi connectivity index (χ0) is 12.5. The molecule has 0 amide bonds. The standard InChI is InChI=1S/C7H5ClFNO5S/c1-15-4-2-3-5(16(8,13)14)6(9)7(4)10(11)12/h2-3H,1H3. The number of rotatable bonds is 3. The van der Waals surface area contributed by atoms with E-state index in [1.54, 1.807) is 0 Å². The number of hydrogen-bond donors (Lipinski definition) is 0. The molecule has 0 aliphatic rings. The van der Waals surface area contributed by atoms with E-state index in [0.29, 0.717) is 0 Å². The van der Waals surface area contributed by atoms with E-state index < -0.39 is 30.4 Å². The van der Waals surface area contributed by atoms with Gasteiger partial charge in [-0.1, -0.05) is 0 Å². The first kappa shape index (κ1) is 12.7. The van der Waals surface area contributed by atoms with Crippen LogP contribution in [0.5, 0.6) is 5.75 Å². The fraction of sp³-hybridized carbons (Fsp3) is 0.143. The Labute approximate surface area is 94.2 Å². The number of halogens is 2. The Morgan fingerprint density at radius 1 is 1.50 bits per heavy atom. The van der Waals surface area contributed by atoms with Gasteiger partial charge in [0, 0.05) is 10.7 Å². The summed E-state index contributed by atoms with van der Waals surface area (Å²) >= 11 is 0. The monoisotopic (exact) mass is 269 g/mol. The molecule has 0 N–H and O–H groups in total. The topological polar surface area (TPSA) is 86.5 Å². The zero-order valence-electron chi connectivity index (χ0n) is 7.81. The third kappa shape index (κ3) is 2.22. The molecule has 0 unspecified atom stereocenters. The van der Waals surface area contributed by atoms with Gasteiger partial charge < -0.3 is 4.74 Å². The maximum atomic E-state index is 13.5. The number of nitro groups is 1. The number of nitrogens with zero attached hydrogens (tertiary/aromatic N) is 1. The van der Waals surface area contributed by atoms with Crippen LogP contribution in [0.4, 0.5) is 10.1 Å². The van der Waals surface area contributed by atoms with Crippen LogP contribution in [0.15, 0.2) is 17.0 Å². The van der Waals surface area contributed by atoms with Crippen LogP contribution in [0.1, 0.15) is 0 Å². The Balaban J connectivity index is 3.63. The summed E-state index contributed by atoms with van der Waals surface area (Å²) in [6.45, 7) is 0. The molecule has 0 aliphatic heterocycles. The molecule has 0 bridgehead atoms. The van der Waals surface area contributed by atoms with Crippen LogP contribution in [0.3, 0.4) is 0 Å². The summed E-state index contributed by atoms with van der Waals surface area (Å²) in [6, 6.07) is 1.75. The minimum absolute atomic E-state index is 0.383. The largest absolute Gasteiger partial charge is 0.490 e. The molecular weight excluding hydrogens is 265 g/mol. The Morgan fingerprint density at radius 2 is 2.06 bits per heavy atom. The second-order valence-corrected chi connectivity index (χ2v) is 5.16. The van der Waals surface area contributed by atoms with E-state index in [2.05, 4.69) is 4.74 Å². The molecule has 0 aromatic heterocycles. The van der Waals surface area contributed by atoms with E-state index in [0.717, 1.165) is 19.2 Å². The van der Waals surface area contributed by atoms with Crippen molar-refractivity contribution >= 4 is 25.4 Å². The van der Waals surface area contributed by atoms with Gasteiger partial charge in [0.1, 0.15) is 4.90 Å². The van der Waals surface area contributed by atoms with Crippen molar-refractivity contribution in [3.05, 3.63) is 28.1 Å². The molecular formula is C7H5ClFNO5S. The van der Waals surface area contributed by atoms with Crippen molar-refractivity contribution in [3.63, 3.8) is 0 Å². The molecule has 16 heavy (non-hydrogen) atoms. The van der Waals surface area contributed by atoms with Crippen LogP contribution in [-0.2, 0) is 9.05 Å². The molecule has 9 heteroatoms. The summed E-state index contributed by atoms with van der Waals surface area (Å²) in [4.78, 5) is 8.49. The van der Waals surface area contributed by atoms with Gasteiger partial charge in [-0.05, 0) is 12.1 Å². The summed E-state index contributed by atoms with van der Waals surface area (Å²) in [7, 11) is 1.62. The quantitative estimate of drug-likeness (QED) is 0.473. The highest BCUT2D eigenvalue weighted by atomic mass is 35.7. The van der Waals surface area contributed by atoms with Crippen LogP contribution in [0, 0.1) is 15.9 Å². The van der Waals surface area contributed by atoms with Gasteiger partial charge in [0.15, 0.2) is 5.75 Å². The molecule has 88 valence electrons. The molecule has 6 nitrogen and oxygen atoms in total. The maximum Gasteiger partial charge on any atom is 0.347 e. The molecule has 1 rings (SSSR count). The number of nitro benzene ring substituents is 1. The maximum absolute atomic E-state index is 13.5. The van der Waals surface area contributed by atoms with Gasteiger partial charge in [-0.25, -0.2) is 8.42 Å². The molecule has 0 fully saturated rings. The Bertz CT molecular complexity index is 544. The average Bonchev–Trinajstić information content (AvgIpc) is 2.14. The van der Waals surface area contributed by atoms with E-state index in [1.165, 1.54) is 0 Å². The van der Waals surface area contributed by atoms with Crippen LogP contribution >= 0.6 is 10.7 Å². The molecule has 0 saturated heterocycles. The number of ether oxygens (including phenoxy) is 1. The average molecular weight is 270 g/mol. The van der Waals surface area contributed by atoms with E-state index in [4.69, 9.17) is 10.7 Å². The van der Waals surface area contributed by atoms with Gasteiger partial charge in [0.25, 0.3) is 9.05 Å². The minimum atomic E-state index is -4.38. The SMILES string of the molecule is COc1ccc(S(=O)(=O)Cl)c(F)c1[N+](=O)[O-]. The van der Waals surface area contributed by atoms with Gasteiger partial charge in [-0.2, -0.15) is 4.39 Å². The summed E-state index contributed by atoms with van der Waals surface area (Å²) < 4.78 is 39.8. The molecule has 0 saturated carbocycles. The van der Waals surface area contributed by atoms with Crippen molar-refractivity contribution in [2.75, 3.05) is 7.11 Å². The van der Waals surface area contributed by atoms with Gasteiger partial charge >= 0.3 is 5.69 Å². The zero-order valence-corrected chi connectivity index (χ0v) is 9.38. The van der Waals surface area contributed by atoms with Crippen molar-refractivity contribution < 1.29 is 22.5 Å². The third-order valence-electron chi connectivity index (χ3n) is 1.71. The fourth-order valence-electron chi connectivity index (χ4n) is 1.05. The highest BCUT2D eigenvalue weighted by Crippen LogP contribution is 2.34. The van der Waals surface area contributed by atoms with Crippen molar-refractivity contribution in [1.29, 1.82) is 0 Å². The molecule has 1 aromatic rings. The fourth-order valence-corrected chi connectivity index (χ4v) is 1.95. The number of methoxy groups -OCH3 is 1. The Hall–Kier alpha value is -1.41. The Kier molecular flexibility index (Phi) is 3.34. The molecule has 0 aliphatic carbocycles. The molecule has 0 spiro atoms. The predicted octanol–water partition coefficient (Wildman–Crippen LogP) is 1.67. The second-order valence-electron chi connectivity index (χ2n) is 2.62. The highest BCUT2D eigenvalue weighted by molar-refractivity contribution is 8.13. The van der Waals surface area contributed by atoms with Gasteiger partial charge in [0.2, 0.25) is 5.82 Å². The third-order valence-corrected chi connectivity index (χ3v) is 3.05. The normalized spacial score (nSPS) is 11.2. The lowest BCUT2D eigenvalue weighted by Gasteiger charge is -2.04. The summed E-state index contributed by atoms with van der Waals surface area (Å²) in [6.07, 6.45) is 0. The van der Waals surface area contributed by atoms with Crippen molar-refractivity contribution in [2.45, 2.75) is 4.90 Å². The van der Waals surface area contributed by atoms with Crippen LogP contribution in [0.2, 0.25) is 0 Å². The smallest absolute Gasteiger partial charge is 0.347 e. The Morgan fingerprint density at radius 3 is 2.44 bits per heavy atom. The number of hydrogen-bond acceptors (Lipinski definition) is 5. The molecule has 0 radical (unpaired) electrons. The van der Waals surface area contributed by atoms with Gasteiger partial charge in [-0.3, -0.25) is 10.1 Å². The van der Waals surface area contributed by atoms with Gasteiger partial charge in [0.05, 0.1) is 12.0 Å². The predicted molar refractivity (Wildman–Crippen MR) is 52.6 cm³/mol. The van der Waals surface area contributed by atoms with Crippen molar-refractivity contribution in [1.82, 2.24) is 0 Å². The first-order valence-electron chi connectivity index (χ1n) is 3.74.